The predicted octanol–water partition coefficient (Wildman–Crippen LogP) is 2.54. The van der Waals surface area contributed by atoms with E-state index < -0.39 is 15.9 Å². The lowest BCUT2D eigenvalue weighted by Gasteiger charge is -2.18. The number of hydrogen-bond donors (Lipinski definition) is 1. The van der Waals surface area contributed by atoms with E-state index in [4.69, 9.17) is 0 Å². The van der Waals surface area contributed by atoms with E-state index in [1.165, 1.54) is 42.5 Å². The summed E-state index contributed by atoms with van der Waals surface area (Å²) in [5.41, 5.74) is 1.38. The first-order chi connectivity index (χ1) is 14.3. The van der Waals surface area contributed by atoms with Crippen LogP contribution in [-0.2, 0) is 19.6 Å². The molecule has 1 aromatic heterocycles. The van der Waals surface area contributed by atoms with Crippen LogP contribution in [0.1, 0.15) is 6.42 Å². The largest absolute Gasteiger partial charge is 0.312 e. The molecule has 10 heteroatoms. The number of aromatic nitrogens is 1. The van der Waals surface area contributed by atoms with Crippen LogP contribution in [-0.4, -0.2) is 50.2 Å². The fourth-order valence-corrected chi connectivity index (χ4v) is 5.05. The summed E-state index contributed by atoms with van der Waals surface area (Å²) in [6.07, 6.45) is 0.0917. The van der Waals surface area contributed by atoms with Gasteiger partial charge in [-0.2, -0.15) is 0 Å². The Kier molecular flexibility index (Phi) is 5.31. The van der Waals surface area contributed by atoms with Gasteiger partial charge in [0.15, 0.2) is 5.13 Å². The van der Waals surface area contributed by atoms with Gasteiger partial charge in [0, 0.05) is 32.7 Å². The third-order valence-electron chi connectivity index (χ3n) is 4.95. The van der Waals surface area contributed by atoms with Crippen molar-refractivity contribution in [1.82, 2.24) is 9.29 Å². The molecular formula is C20H20N4O4S2. The molecule has 0 aliphatic carbocycles. The maximum absolute atomic E-state index is 12.7. The molecule has 0 saturated carbocycles. The molecule has 0 bridgehead atoms. The number of benzene rings is 2. The van der Waals surface area contributed by atoms with E-state index in [1.807, 2.05) is 24.3 Å². The number of amides is 2. The minimum atomic E-state index is -3.54. The lowest BCUT2D eigenvalue weighted by Crippen LogP contribution is -2.28. The number of carbonyl (C=O) groups is 2. The average molecular weight is 445 g/mol. The second-order valence-electron chi connectivity index (χ2n) is 7.16. The van der Waals surface area contributed by atoms with Crippen LogP contribution in [0.2, 0.25) is 0 Å². The topological polar surface area (TPSA) is 99.7 Å². The Balaban J connectivity index is 1.46. The summed E-state index contributed by atoms with van der Waals surface area (Å²) in [6, 6.07) is 13.7. The molecule has 3 aromatic rings. The molecule has 2 amide bonds. The van der Waals surface area contributed by atoms with Gasteiger partial charge in [-0.25, -0.2) is 17.7 Å². The molecule has 156 valence electrons. The summed E-state index contributed by atoms with van der Waals surface area (Å²) in [6.45, 7) is 0.231. The van der Waals surface area contributed by atoms with Gasteiger partial charge in [0.1, 0.15) is 0 Å². The number of nitrogens with zero attached hydrogens (tertiary/aromatic N) is 3. The lowest BCUT2D eigenvalue weighted by atomic mass is 10.1. The monoisotopic (exact) mass is 444 g/mol. The zero-order valence-corrected chi connectivity index (χ0v) is 18.0. The van der Waals surface area contributed by atoms with Gasteiger partial charge < -0.3 is 10.2 Å². The molecule has 8 nitrogen and oxygen atoms in total. The molecule has 1 N–H and O–H groups in total. The molecule has 1 unspecified atom stereocenters. The van der Waals surface area contributed by atoms with Gasteiger partial charge in [0.2, 0.25) is 21.8 Å². The second kappa shape index (κ2) is 7.78. The summed E-state index contributed by atoms with van der Waals surface area (Å²) < 4.78 is 26.5. The first-order valence-electron chi connectivity index (χ1n) is 9.25. The summed E-state index contributed by atoms with van der Waals surface area (Å²) >= 11 is 1.39. The first-order valence-corrected chi connectivity index (χ1v) is 11.5. The Morgan fingerprint density at radius 3 is 2.53 bits per heavy atom. The number of rotatable bonds is 5. The van der Waals surface area contributed by atoms with Crippen molar-refractivity contribution in [2.75, 3.05) is 30.9 Å². The van der Waals surface area contributed by atoms with E-state index >= 15 is 0 Å². The Morgan fingerprint density at radius 1 is 1.17 bits per heavy atom. The van der Waals surface area contributed by atoms with E-state index in [0.29, 0.717) is 10.8 Å². The first kappa shape index (κ1) is 20.5. The molecule has 1 fully saturated rings. The summed E-state index contributed by atoms with van der Waals surface area (Å²) in [5.74, 6) is -0.936. The zero-order valence-electron chi connectivity index (χ0n) is 16.4. The Labute approximate surface area is 178 Å². The highest BCUT2D eigenvalue weighted by Crippen LogP contribution is 2.29. The van der Waals surface area contributed by atoms with Gasteiger partial charge in [0.25, 0.3) is 0 Å². The zero-order chi connectivity index (χ0) is 21.5. The van der Waals surface area contributed by atoms with Crippen molar-refractivity contribution in [2.24, 2.45) is 5.92 Å². The quantitative estimate of drug-likeness (QED) is 0.652. The fraction of sp³-hybridized carbons (Fsp3) is 0.250. The van der Waals surface area contributed by atoms with E-state index in [1.54, 1.807) is 12.1 Å². The number of nitrogens with one attached hydrogen (secondary N) is 1. The third-order valence-corrected chi connectivity index (χ3v) is 7.73. The number of fused-ring (bicyclic) bond motifs is 1. The van der Waals surface area contributed by atoms with Gasteiger partial charge in [-0.3, -0.25) is 9.59 Å². The van der Waals surface area contributed by atoms with Crippen LogP contribution in [0.5, 0.6) is 0 Å². The third kappa shape index (κ3) is 3.81. The number of para-hydroxylation sites is 1. The van der Waals surface area contributed by atoms with Crippen molar-refractivity contribution in [3.8, 4) is 0 Å². The van der Waals surface area contributed by atoms with Gasteiger partial charge >= 0.3 is 0 Å². The number of anilines is 2. The van der Waals surface area contributed by atoms with Crippen molar-refractivity contribution in [3.63, 3.8) is 0 Å². The average Bonchev–Trinajstić information content (AvgIpc) is 3.30. The molecule has 0 spiro atoms. The number of thiazole rings is 1. The molecule has 1 aliphatic rings. The van der Waals surface area contributed by atoms with Gasteiger partial charge in [0.05, 0.1) is 21.0 Å². The normalized spacial score (nSPS) is 17.1. The molecule has 2 heterocycles. The van der Waals surface area contributed by atoms with Crippen molar-refractivity contribution < 1.29 is 18.0 Å². The summed E-state index contributed by atoms with van der Waals surface area (Å²) in [7, 11) is -0.620. The highest BCUT2D eigenvalue weighted by molar-refractivity contribution is 7.89. The predicted molar refractivity (Wildman–Crippen MR) is 116 cm³/mol. The molecule has 0 radical (unpaired) electrons. The SMILES string of the molecule is CN(C)S(=O)(=O)c1ccc(N2CC(C(=O)Nc3nc4ccccc4s3)CC2=O)cc1. The van der Waals surface area contributed by atoms with E-state index in [0.717, 1.165) is 14.5 Å². The van der Waals surface area contributed by atoms with Crippen LogP contribution < -0.4 is 10.2 Å². The van der Waals surface area contributed by atoms with E-state index in [2.05, 4.69) is 10.3 Å². The number of hydrogen-bond acceptors (Lipinski definition) is 6. The molecule has 1 atom stereocenters. The maximum atomic E-state index is 12.7. The van der Waals surface area contributed by atoms with Crippen LogP contribution in [0, 0.1) is 5.92 Å². The minimum absolute atomic E-state index is 0.0917. The van der Waals surface area contributed by atoms with Crippen molar-refractivity contribution in [1.29, 1.82) is 0 Å². The van der Waals surface area contributed by atoms with E-state index in [-0.39, 0.29) is 29.7 Å². The Bertz CT molecular complexity index is 1190. The minimum Gasteiger partial charge on any atom is -0.312 e. The van der Waals surface area contributed by atoms with Crippen LogP contribution in [0.25, 0.3) is 10.2 Å². The van der Waals surface area contributed by atoms with Crippen LogP contribution in [0.15, 0.2) is 53.4 Å². The summed E-state index contributed by atoms with van der Waals surface area (Å²) in [4.78, 5) is 31.2. The van der Waals surface area contributed by atoms with Crippen LogP contribution in [0.4, 0.5) is 10.8 Å². The van der Waals surface area contributed by atoms with Gasteiger partial charge in [-0.15, -0.1) is 0 Å². The van der Waals surface area contributed by atoms with Gasteiger partial charge in [-0.05, 0) is 36.4 Å². The van der Waals surface area contributed by atoms with E-state index in [9.17, 15) is 18.0 Å². The van der Waals surface area contributed by atoms with Crippen LogP contribution in [0.3, 0.4) is 0 Å². The van der Waals surface area contributed by atoms with Crippen molar-refractivity contribution in [3.05, 3.63) is 48.5 Å². The second-order valence-corrected chi connectivity index (χ2v) is 10.3. The smallest absolute Gasteiger partial charge is 0.242 e. The lowest BCUT2D eigenvalue weighted by molar-refractivity contribution is -0.122. The fourth-order valence-electron chi connectivity index (χ4n) is 3.27. The van der Waals surface area contributed by atoms with Crippen molar-refractivity contribution in [2.45, 2.75) is 11.3 Å². The molecule has 30 heavy (non-hydrogen) atoms. The highest BCUT2D eigenvalue weighted by atomic mass is 32.2. The van der Waals surface area contributed by atoms with Crippen LogP contribution >= 0.6 is 11.3 Å². The number of sulfonamides is 1. The number of carbonyl (C=O) groups excluding carboxylic acids is 2. The Hall–Kier alpha value is -2.82. The molecule has 1 aliphatic heterocycles. The molecule has 4 rings (SSSR count). The maximum Gasteiger partial charge on any atom is 0.242 e. The van der Waals surface area contributed by atoms with Crippen molar-refractivity contribution >= 4 is 54.2 Å². The summed E-state index contributed by atoms with van der Waals surface area (Å²) in [5, 5.41) is 3.32. The highest BCUT2D eigenvalue weighted by Gasteiger charge is 2.35. The molecule has 1 saturated heterocycles. The standard InChI is InChI=1S/C20H20N4O4S2/c1-23(2)30(27,28)15-9-7-14(8-10-15)24-12-13(11-18(24)25)19(26)22-20-21-16-5-3-4-6-17(16)29-20/h3-10,13H,11-12H2,1-2H3,(H,21,22,26). The molecular weight excluding hydrogens is 424 g/mol. The Morgan fingerprint density at radius 2 is 1.87 bits per heavy atom. The van der Waals surface area contributed by atoms with Gasteiger partial charge in [-0.1, -0.05) is 23.5 Å². The molecule has 2 aromatic carbocycles.